The number of benzene rings is 1. The van der Waals surface area contributed by atoms with Crippen molar-refractivity contribution in [3.05, 3.63) is 33.8 Å². The van der Waals surface area contributed by atoms with Gasteiger partial charge in [-0.05, 0) is 49.1 Å². The molecule has 1 unspecified atom stereocenters. The zero-order valence-electron chi connectivity index (χ0n) is 10.8. The zero-order chi connectivity index (χ0) is 13.4. The molecule has 2 N–H and O–H groups in total. The first-order chi connectivity index (χ1) is 8.67. The third-order valence-electron chi connectivity index (χ3n) is 2.99. The number of hydrogen-bond acceptors (Lipinski definition) is 2. The number of nitrogens with one attached hydrogen (secondary N) is 1. The van der Waals surface area contributed by atoms with Gasteiger partial charge in [-0.15, -0.1) is 0 Å². The predicted molar refractivity (Wildman–Crippen MR) is 78.3 cm³/mol. The summed E-state index contributed by atoms with van der Waals surface area (Å²) in [6.07, 6.45) is 3.13. The fraction of sp³-hybridized carbons (Fsp3) is 0.571. The number of hydrogen-bond donors (Lipinski definition) is 2. The van der Waals surface area contributed by atoms with Crippen molar-refractivity contribution in [1.29, 1.82) is 0 Å². The summed E-state index contributed by atoms with van der Waals surface area (Å²) < 4.78 is 0. The molecule has 102 valence electrons. The fourth-order valence-electron chi connectivity index (χ4n) is 2.03. The minimum Gasteiger partial charge on any atom is -0.396 e. The quantitative estimate of drug-likeness (QED) is 0.761. The second kappa shape index (κ2) is 8.76. The highest BCUT2D eigenvalue weighted by Gasteiger charge is 2.07. The summed E-state index contributed by atoms with van der Waals surface area (Å²) in [4.78, 5) is 0. The van der Waals surface area contributed by atoms with Gasteiger partial charge in [0.15, 0.2) is 0 Å². The Balaban J connectivity index is 2.41. The number of aliphatic hydroxyl groups is 1. The second-order valence-electron chi connectivity index (χ2n) is 4.53. The van der Waals surface area contributed by atoms with Gasteiger partial charge in [0.2, 0.25) is 0 Å². The molecule has 0 saturated carbocycles. The molecule has 0 heterocycles. The van der Waals surface area contributed by atoms with Crippen LogP contribution in [0, 0.1) is 5.92 Å². The van der Waals surface area contributed by atoms with Crippen LogP contribution in [0.25, 0.3) is 0 Å². The highest BCUT2D eigenvalue weighted by molar-refractivity contribution is 6.33. The molecule has 0 spiro atoms. The molecule has 0 bridgehead atoms. The summed E-state index contributed by atoms with van der Waals surface area (Å²) in [5.41, 5.74) is 1.02. The lowest BCUT2D eigenvalue weighted by molar-refractivity contribution is 0.248. The van der Waals surface area contributed by atoms with Crippen LogP contribution in [-0.2, 0) is 6.54 Å². The zero-order valence-corrected chi connectivity index (χ0v) is 12.3. The van der Waals surface area contributed by atoms with Crippen molar-refractivity contribution < 1.29 is 5.11 Å². The minimum atomic E-state index is 0.254. The van der Waals surface area contributed by atoms with Crippen LogP contribution in [0.4, 0.5) is 0 Å². The van der Waals surface area contributed by atoms with Crippen LogP contribution in [0.3, 0.4) is 0 Å². The van der Waals surface area contributed by atoms with E-state index in [2.05, 4.69) is 12.2 Å². The summed E-state index contributed by atoms with van der Waals surface area (Å²) in [7, 11) is 0. The van der Waals surface area contributed by atoms with Gasteiger partial charge in [0.05, 0.1) is 0 Å². The molecule has 0 fully saturated rings. The van der Waals surface area contributed by atoms with E-state index in [9.17, 15) is 0 Å². The molecule has 4 heteroatoms. The number of halogens is 2. The first kappa shape index (κ1) is 15.8. The molecule has 2 nitrogen and oxygen atoms in total. The van der Waals surface area contributed by atoms with Crippen molar-refractivity contribution in [1.82, 2.24) is 5.32 Å². The lowest BCUT2D eigenvalue weighted by Crippen LogP contribution is -2.23. The fourth-order valence-corrected chi connectivity index (χ4v) is 2.41. The SMILES string of the molecule is CCCC(CCO)CNCc1cc(Cl)ccc1Cl. The Hall–Kier alpha value is -0.280. The monoisotopic (exact) mass is 289 g/mol. The Kier molecular flexibility index (Phi) is 7.68. The maximum Gasteiger partial charge on any atom is 0.0451 e. The van der Waals surface area contributed by atoms with Crippen molar-refractivity contribution in [3.63, 3.8) is 0 Å². The van der Waals surface area contributed by atoms with E-state index in [1.54, 1.807) is 6.07 Å². The number of aliphatic hydroxyl groups excluding tert-OH is 1. The summed E-state index contributed by atoms with van der Waals surface area (Å²) in [6.45, 7) is 4.03. The molecule has 0 radical (unpaired) electrons. The average molecular weight is 290 g/mol. The molecule has 18 heavy (non-hydrogen) atoms. The minimum absolute atomic E-state index is 0.254. The van der Waals surface area contributed by atoms with E-state index in [0.29, 0.717) is 17.5 Å². The summed E-state index contributed by atoms with van der Waals surface area (Å²) in [5.74, 6) is 0.526. The van der Waals surface area contributed by atoms with Gasteiger partial charge in [0.25, 0.3) is 0 Å². The molecule has 0 amide bonds. The van der Waals surface area contributed by atoms with Crippen molar-refractivity contribution in [2.75, 3.05) is 13.2 Å². The molecular formula is C14H21Cl2NO. The molecule has 0 aliphatic carbocycles. The highest BCUT2D eigenvalue weighted by Crippen LogP contribution is 2.20. The Morgan fingerprint density at radius 3 is 2.72 bits per heavy atom. The first-order valence-electron chi connectivity index (χ1n) is 6.42. The lowest BCUT2D eigenvalue weighted by Gasteiger charge is -2.16. The van der Waals surface area contributed by atoms with Gasteiger partial charge in [0, 0.05) is 23.2 Å². The van der Waals surface area contributed by atoms with Gasteiger partial charge < -0.3 is 10.4 Å². The van der Waals surface area contributed by atoms with Crippen LogP contribution in [0.2, 0.25) is 10.0 Å². The van der Waals surface area contributed by atoms with Gasteiger partial charge in [-0.2, -0.15) is 0 Å². The average Bonchev–Trinajstić information content (AvgIpc) is 2.34. The van der Waals surface area contributed by atoms with Crippen LogP contribution in [0.5, 0.6) is 0 Å². The lowest BCUT2D eigenvalue weighted by atomic mass is 10.0. The maximum atomic E-state index is 8.99. The normalized spacial score (nSPS) is 12.7. The molecule has 1 aromatic carbocycles. The standard InChI is InChI=1S/C14H21Cl2NO/c1-2-3-11(6-7-18)9-17-10-12-8-13(15)4-5-14(12)16/h4-5,8,11,17-18H,2-3,6-7,9-10H2,1H3. The van der Waals surface area contributed by atoms with E-state index in [-0.39, 0.29) is 6.61 Å². The topological polar surface area (TPSA) is 32.3 Å². The van der Waals surface area contributed by atoms with Crippen molar-refractivity contribution >= 4 is 23.2 Å². The molecular weight excluding hydrogens is 269 g/mol. The van der Waals surface area contributed by atoms with Crippen LogP contribution in [0.15, 0.2) is 18.2 Å². The molecule has 1 atom stereocenters. The Morgan fingerprint density at radius 2 is 2.06 bits per heavy atom. The van der Waals surface area contributed by atoms with Gasteiger partial charge in [-0.1, -0.05) is 36.5 Å². The van der Waals surface area contributed by atoms with E-state index in [4.69, 9.17) is 28.3 Å². The van der Waals surface area contributed by atoms with Crippen LogP contribution in [0.1, 0.15) is 31.7 Å². The Morgan fingerprint density at radius 1 is 1.28 bits per heavy atom. The van der Waals surface area contributed by atoms with Crippen LogP contribution in [-0.4, -0.2) is 18.3 Å². The molecule has 0 saturated heterocycles. The van der Waals surface area contributed by atoms with Gasteiger partial charge in [0.1, 0.15) is 0 Å². The van der Waals surface area contributed by atoms with Gasteiger partial charge in [-0.25, -0.2) is 0 Å². The van der Waals surface area contributed by atoms with E-state index < -0.39 is 0 Å². The van der Waals surface area contributed by atoms with E-state index >= 15 is 0 Å². The van der Waals surface area contributed by atoms with Crippen LogP contribution >= 0.6 is 23.2 Å². The van der Waals surface area contributed by atoms with E-state index in [1.165, 1.54) is 0 Å². The van der Waals surface area contributed by atoms with Crippen molar-refractivity contribution in [3.8, 4) is 0 Å². The Bertz CT molecular complexity index is 352. The molecule has 0 aliphatic heterocycles. The van der Waals surface area contributed by atoms with Crippen molar-refractivity contribution in [2.24, 2.45) is 5.92 Å². The third kappa shape index (κ3) is 5.57. The third-order valence-corrected chi connectivity index (χ3v) is 3.59. The largest absolute Gasteiger partial charge is 0.396 e. The van der Waals surface area contributed by atoms with E-state index in [0.717, 1.165) is 36.4 Å². The number of rotatable bonds is 8. The van der Waals surface area contributed by atoms with Crippen molar-refractivity contribution in [2.45, 2.75) is 32.7 Å². The first-order valence-corrected chi connectivity index (χ1v) is 7.18. The van der Waals surface area contributed by atoms with Gasteiger partial charge in [-0.3, -0.25) is 0 Å². The summed E-state index contributed by atoms with van der Waals surface area (Å²) in [6, 6.07) is 5.49. The van der Waals surface area contributed by atoms with Crippen LogP contribution < -0.4 is 5.32 Å². The molecule has 0 aromatic heterocycles. The summed E-state index contributed by atoms with van der Waals surface area (Å²) >= 11 is 12.0. The molecule has 1 rings (SSSR count). The second-order valence-corrected chi connectivity index (χ2v) is 5.38. The highest BCUT2D eigenvalue weighted by atomic mass is 35.5. The Labute approximate surface area is 119 Å². The maximum absolute atomic E-state index is 8.99. The van der Waals surface area contributed by atoms with E-state index in [1.807, 2.05) is 12.1 Å². The predicted octanol–water partition coefficient (Wildman–Crippen LogP) is 3.88. The summed E-state index contributed by atoms with van der Waals surface area (Å²) in [5, 5.41) is 13.8. The van der Waals surface area contributed by atoms with Gasteiger partial charge >= 0.3 is 0 Å². The molecule has 1 aromatic rings. The smallest absolute Gasteiger partial charge is 0.0451 e. The molecule has 0 aliphatic rings.